The van der Waals surface area contributed by atoms with Crippen molar-refractivity contribution in [3.05, 3.63) is 37.7 Å². The number of anilines is 2. The quantitative estimate of drug-likeness (QED) is 0.812. The third-order valence-electron chi connectivity index (χ3n) is 2.16. The predicted octanol–water partition coefficient (Wildman–Crippen LogP) is 4.42. The van der Waals surface area contributed by atoms with E-state index in [1.165, 1.54) is 0 Å². The Bertz CT molecular complexity index is 613. The van der Waals surface area contributed by atoms with Gasteiger partial charge in [0, 0.05) is 8.95 Å². The highest BCUT2D eigenvalue weighted by molar-refractivity contribution is 9.11. The van der Waals surface area contributed by atoms with Gasteiger partial charge < -0.3 is 10.4 Å². The van der Waals surface area contributed by atoms with Crippen molar-refractivity contribution in [3.8, 4) is 0 Å². The monoisotopic (exact) mass is 390 g/mol. The fraction of sp³-hybridized carbons (Fsp3) is 0.0909. The van der Waals surface area contributed by atoms with Crippen LogP contribution in [0.5, 0.6) is 0 Å². The van der Waals surface area contributed by atoms with E-state index in [-0.39, 0.29) is 4.88 Å². The molecule has 0 amide bonds. The number of aromatic nitrogens is 1. The maximum absolute atomic E-state index is 10.9. The van der Waals surface area contributed by atoms with Gasteiger partial charge in [-0.05, 0) is 41.1 Å². The molecule has 0 aliphatic heterocycles. The summed E-state index contributed by atoms with van der Waals surface area (Å²) in [7, 11) is 0. The van der Waals surface area contributed by atoms with Gasteiger partial charge in [0.1, 0.15) is 4.88 Å². The molecule has 2 aromatic rings. The molecule has 7 heteroatoms. The van der Waals surface area contributed by atoms with Gasteiger partial charge in [-0.25, -0.2) is 9.78 Å². The van der Waals surface area contributed by atoms with Crippen LogP contribution in [0.15, 0.2) is 27.1 Å². The molecular weight excluding hydrogens is 384 g/mol. The van der Waals surface area contributed by atoms with Crippen molar-refractivity contribution in [1.82, 2.24) is 4.98 Å². The van der Waals surface area contributed by atoms with Crippen LogP contribution in [0, 0.1) is 6.92 Å². The lowest BCUT2D eigenvalue weighted by Gasteiger charge is -2.05. The lowest BCUT2D eigenvalue weighted by molar-refractivity contribution is 0.0701. The van der Waals surface area contributed by atoms with Crippen molar-refractivity contribution < 1.29 is 9.90 Å². The molecule has 0 aliphatic carbocycles. The van der Waals surface area contributed by atoms with Crippen molar-refractivity contribution in [2.45, 2.75) is 6.92 Å². The number of carbonyl (C=O) groups is 1. The largest absolute Gasteiger partial charge is 0.477 e. The number of carboxylic acids is 1. The minimum atomic E-state index is -0.951. The normalized spacial score (nSPS) is 10.4. The van der Waals surface area contributed by atoms with Crippen LogP contribution < -0.4 is 5.32 Å². The lowest BCUT2D eigenvalue weighted by atomic mass is 10.3. The number of hydrogen-bond donors (Lipinski definition) is 2. The number of aromatic carboxylic acids is 1. The zero-order chi connectivity index (χ0) is 13.3. The van der Waals surface area contributed by atoms with Gasteiger partial charge in [-0.15, -0.1) is 0 Å². The zero-order valence-electron chi connectivity index (χ0n) is 9.20. The van der Waals surface area contributed by atoms with Crippen LogP contribution in [0.3, 0.4) is 0 Å². The summed E-state index contributed by atoms with van der Waals surface area (Å²) in [5.74, 6) is -0.951. The van der Waals surface area contributed by atoms with E-state index in [9.17, 15) is 4.79 Å². The van der Waals surface area contributed by atoms with Crippen molar-refractivity contribution in [2.75, 3.05) is 5.32 Å². The summed E-state index contributed by atoms with van der Waals surface area (Å²) in [5, 5.41) is 12.6. The molecule has 2 N–H and O–H groups in total. The second kappa shape index (κ2) is 5.38. The Labute approximate surface area is 124 Å². The number of nitrogens with zero attached hydrogens (tertiary/aromatic N) is 1. The molecule has 0 saturated heterocycles. The third kappa shape index (κ3) is 2.90. The minimum absolute atomic E-state index is 0.255. The number of hydrogen-bond acceptors (Lipinski definition) is 4. The predicted molar refractivity (Wildman–Crippen MR) is 78.9 cm³/mol. The van der Waals surface area contributed by atoms with E-state index in [0.29, 0.717) is 10.8 Å². The Balaban J connectivity index is 2.29. The molecule has 0 saturated carbocycles. The zero-order valence-corrected chi connectivity index (χ0v) is 13.2. The second-order valence-corrected chi connectivity index (χ2v) is 6.26. The van der Waals surface area contributed by atoms with E-state index in [4.69, 9.17) is 5.11 Å². The minimum Gasteiger partial charge on any atom is -0.477 e. The average Bonchev–Trinajstić information content (AvgIpc) is 2.64. The van der Waals surface area contributed by atoms with Crippen molar-refractivity contribution in [3.63, 3.8) is 0 Å². The molecule has 0 unspecified atom stereocenters. The highest BCUT2D eigenvalue weighted by Crippen LogP contribution is 2.31. The molecule has 0 atom stereocenters. The van der Waals surface area contributed by atoms with Crippen LogP contribution in [0.4, 0.5) is 10.8 Å². The topological polar surface area (TPSA) is 62.2 Å². The molecule has 1 heterocycles. The highest BCUT2D eigenvalue weighted by atomic mass is 79.9. The SMILES string of the molecule is Cc1nc(Nc2ccc(Br)cc2Br)sc1C(=O)O. The van der Waals surface area contributed by atoms with Crippen molar-refractivity contribution in [1.29, 1.82) is 0 Å². The maximum atomic E-state index is 10.9. The molecule has 1 aromatic carbocycles. The molecule has 4 nitrogen and oxygen atoms in total. The smallest absolute Gasteiger partial charge is 0.347 e. The number of aryl methyl sites for hydroxylation is 1. The molecule has 0 spiro atoms. The van der Waals surface area contributed by atoms with E-state index in [1.807, 2.05) is 18.2 Å². The van der Waals surface area contributed by atoms with E-state index in [1.54, 1.807) is 6.92 Å². The number of rotatable bonds is 3. The number of thiazole rings is 1. The fourth-order valence-corrected chi connectivity index (χ4v) is 3.32. The molecule has 94 valence electrons. The Hall–Kier alpha value is -0.920. The number of halogens is 2. The van der Waals surface area contributed by atoms with Gasteiger partial charge in [-0.3, -0.25) is 0 Å². The summed E-state index contributed by atoms with van der Waals surface area (Å²) in [5.41, 5.74) is 1.35. The Kier molecular flexibility index (Phi) is 4.04. The summed E-state index contributed by atoms with van der Waals surface area (Å²) >= 11 is 7.92. The van der Waals surface area contributed by atoms with Crippen molar-refractivity contribution >= 4 is 60.0 Å². The Morgan fingerprint density at radius 1 is 1.44 bits per heavy atom. The summed E-state index contributed by atoms with van der Waals surface area (Å²) < 4.78 is 1.84. The number of carboxylic acid groups (broad SMARTS) is 1. The number of nitrogens with one attached hydrogen (secondary N) is 1. The van der Waals surface area contributed by atoms with E-state index >= 15 is 0 Å². The van der Waals surface area contributed by atoms with Crippen LogP contribution >= 0.6 is 43.2 Å². The molecule has 18 heavy (non-hydrogen) atoms. The molecule has 0 aliphatic rings. The fourth-order valence-electron chi connectivity index (χ4n) is 1.35. The molecule has 0 fully saturated rings. The van der Waals surface area contributed by atoms with Gasteiger partial charge in [0.05, 0.1) is 11.4 Å². The Morgan fingerprint density at radius 3 is 2.72 bits per heavy atom. The van der Waals surface area contributed by atoms with E-state index in [2.05, 4.69) is 42.2 Å². The Morgan fingerprint density at radius 2 is 2.17 bits per heavy atom. The summed E-state index contributed by atoms with van der Waals surface area (Å²) in [6.45, 7) is 1.68. The standard InChI is InChI=1S/C11H8Br2N2O2S/c1-5-9(10(16)17)18-11(14-5)15-8-3-2-6(12)4-7(8)13/h2-4H,1H3,(H,14,15)(H,16,17). The highest BCUT2D eigenvalue weighted by Gasteiger charge is 2.14. The maximum Gasteiger partial charge on any atom is 0.347 e. The summed E-state index contributed by atoms with van der Waals surface area (Å²) in [4.78, 5) is 15.4. The summed E-state index contributed by atoms with van der Waals surface area (Å²) in [6.07, 6.45) is 0. The van der Waals surface area contributed by atoms with Gasteiger partial charge >= 0.3 is 5.97 Å². The summed E-state index contributed by atoms with van der Waals surface area (Å²) in [6, 6.07) is 5.68. The number of benzene rings is 1. The first kappa shape index (κ1) is 13.5. The van der Waals surface area contributed by atoms with E-state index < -0.39 is 5.97 Å². The van der Waals surface area contributed by atoms with Gasteiger partial charge in [-0.1, -0.05) is 27.3 Å². The molecule has 0 radical (unpaired) electrons. The second-order valence-electron chi connectivity index (χ2n) is 3.49. The van der Waals surface area contributed by atoms with Crippen LogP contribution in [0.25, 0.3) is 0 Å². The van der Waals surface area contributed by atoms with Gasteiger partial charge in [0.2, 0.25) is 0 Å². The first-order valence-corrected chi connectivity index (χ1v) is 7.30. The molecule has 0 bridgehead atoms. The third-order valence-corrected chi connectivity index (χ3v) is 4.37. The first-order valence-electron chi connectivity index (χ1n) is 4.90. The van der Waals surface area contributed by atoms with Crippen LogP contribution in [0.2, 0.25) is 0 Å². The van der Waals surface area contributed by atoms with Gasteiger partial charge in [0.25, 0.3) is 0 Å². The lowest BCUT2D eigenvalue weighted by Crippen LogP contribution is -1.94. The van der Waals surface area contributed by atoms with Gasteiger partial charge in [0.15, 0.2) is 5.13 Å². The van der Waals surface area contributed by atoms with Crippen LogP contribution in [-0.2, 0) is 0 Å². The van der Waals surface area contributed by atoms with Crippen molar-refractivity contribution in [2.24, 2.45) is 0 Å². The first-order chi connectivity index (χ1) is 8.47. The molecule has 1 aromatic heterocycles. The molecule has 2 rings (SSSR count). The van der Waals surface area contributed by atoms with Crippen LogP contribution in [-0.4, -0.2) is 16.1 Å². The molecular formula is C11H8Br2N2O2S. The average molecular weight is 392 g/mol. The van der Waals surface area contributed by atoms with Crippen LogP contribution in [0.1, 0.15) is 15.4 Å². The van der Waals surface area contributed by atoms with Gasteiger partial charge in [-0.2, -0.15) is 0 Å². The van der Waals surface area contributed by atoms with E-state index in [0.717, 1.165) is 26.0 Å².